The van der Waals surface area contributed by atoms with E-state index in [1.807, 2.05) is 0 Å². The average molecular weight is 352 g/mol. The van der Waals surface area contributed by atoms with E-state index in [0.717, 1.165) is 0 Å². The van der Waals surface area contributed by atoms with E-state index in [4.69, 9.17) is 4.74 Å². The van der Waals surface area contributed by atoms with E-state index >= 15 is 0 Å². The van der Waals surface area contributed by atoms with Crippen molar-refractivity contribution in [3.63, 3.8) is 0 Å². The van der Waals surface area contributed by atoms with Gasteiger partial charge in [-0.2, -0.15) is 0 Å². The quantitative estimate of drug-likeness (QED) is 0.785. The molecule has 7 heteroatoms. The van der Waals surface area contributed by atoms with E-state index in [9.17, 15) is 18.0 Å². The van der Waals surface area contributed by atoms with Crippen LogP contribution in [0.5, 0.6) is 5.75 Å². The fraction of sp³-hybridized carbons (Fsp3) is 0.278. The highest BCUT2D eigenvalue weighted by Gasteiger charge is 2.15. The van der Waals surface area contributed by atoms with Crippen molar-refractivity contribution in [1.29, 1.82) is 0 Å². The zero-order chi connectivity index (χ0) is 18.4. The van der Waals surface area contributed by atoms with Gasteiger partial charge < -0.3 is 15.4 Å². The highest BCUT2D eigenvalue weighted by molar-refractivity contribution is 5.96. The largest absolute Gasteiger partial charge is 0.487 e. The molecule has 2 rings (SSSR count). The number of hydrogen-bond donors (Lipinski definition) is 2. The molecule has 134 valence electrons. The zero-order valence-electron chi connectivity index (χ0n) is 13.9. The molecule has 1 amide bonds. The zero-order valence-corrected chi connectivity index (χ0v) is 13.9. The first-order chi connectivity index (χ1) is 11.9. The summed E-state index contributed by atoms with van der Waals surface area (Å²) >= 11 is 0. The molecule has 1 atom stereocenters. The van der Waals surface area contributed by atoms with E-state index in [-0.39, 0.29) is 5.69 Å². The summed E-state index contributed by atoms with van der Waals surface area (Å²) in [4.78, 5) is 12.2. The molecule has 0 aromatic heterocycles. The van der Waals surface area contributed by atoms with Gasteiger partial charge in [0.2, 0.25) is 5.91 Å². The molecule has 0 aliphatic heterocycles. The summed E-state index contributed by atoms with van der Waals surface area (Å²) < 4.78 is 43.2. The third-order valence-corrected chi connectivity index (χ3v) is 3.46. The van der Waals surface area contributed by atoms with Gasteiger partial charge in [-0.15, -0.1) is 0 Å². The minimum Gasteiger partial charge on any atom is -0.487 e. The number of amides is 1. The summed E-state index contributed by atoms with van der Waals surface area (Å²) in [7, 11) is 0. The number of benzene rings is 2. The van der Waals surface area contributed by atoms with Gasteiger partial charge in [0.05, 0.1) is 5.69 Å². The number of halogens is 3. The van der Waals surface area contributed by atoms with Crippen LogP contribution in [0.15, 0.2) is 42.5 Å². The van der Waals surface area contributed by atoms with Crippen molar-refractivity contribution in [1.82, 2.24) is 0 Å². The van der Waals surface area contributed by atoms with Crippen molar-refractivity contribution in [3.05, 3.63) is 53.8 Å². The third-order valence-electron chi connectivity index (χ3n) is 3.46. The first-order valence-corrected chi connectivity index (χ1v) is 7.70. The van der Waals surface area contributed by atoms with Gasteiger partial charge in [0, 0.05) is 11.8 Å². The molecule has 0 aliphatic rings. The second kappa shape index (κ2) is 8.41. The Morgan fingerprint density at radius 3 is 2.60 bits per heavy atom. The molecule has 0 bridgehead atoms. The number of carbonyl (C=O) groups excluding carboxylic acids is 1. The van der Waals surface area contributed by atoms with E-state index in [1.54, 1.807) is 38.1 Å². The fourth-order valence-electron chi connectivity index (χ4n) is 2.12. The van der Waals surface area contributed by atoms with Gasteiger partial charge in [0.1, 0.15) is 24.2 Å². The number of para-hydroxylation sites is 1. The van der Waals surface area contributed by atoms with Crippen molar-refractivity contribution >= 4 is 17.3 Å². The molecule has 0 heterocycles. The number of anilines is 2. The highest BCUT2D eigenvalue weighted by atomic mass is 19.3. The maximum Gasteiger partial charge on any atom is 0.272 e. The molecule has 0 saturated carbocycles. The second-order valence-corrected chi connectivity index (χ2v) is 5.52. The second-order valence-electron chi connectivity index (χ2n) is 5.52. The Kier molecular flexibility index (Phi) is 6.27. The Morgan fingerprint density at radius 1 is 1.20 bits per heavy atom. The molecule has 2 aromatic carbocycles. The van der Waals surface area contributed by atoms with Crippen LogP contribution in [0.2, 0.25) is 0 Å². The molecule has 2 N–H and O–H groups in total. The minimum atomic E-state index is -2.57. The number of hydrogen-bond acceptors (Lipinski definition) is 3. The average Bonchev–Trinajstić information content (AvgIpc) is 2.57. The number of aryl methyl sites for hydroxylation is 1. The van der Waals surface area contributed by atoms with Gasteiger partial charge in [-0.25, -0.2) is 13.2 Å². The summed E-state index contributed by atoms with van der Waals surface area (Å²) in [6.45, 7) is 2.64. The van der Waals surface area contributed by atoms with Crippen molar-refractivity contribution in [3.8, 4) is 5.75 Å². The first-order valence-electron chi connectivity index (χ1n) is 7.70. The molecule has 4 nitrogen and oxygen atoms in total. The van der Waals surface area contributed by atoms with Crippen LogP contribution in [-0.4, -0.2) is 25.0 Å². The van der Waals surface area contributed by atoms with Crippen LogP contribution < -0.4 is 15.4 Å². The topological polar surface area (TPSA) is 50.4 Å². The SMILES string of the molecule is Cc1ccc(NC(C)C(=O)Nc2ccccc2F)cc1OCC(F)F. The Morgan fingerprint density at radius 2 is 1.92 bits per heavy atom. The smallest absolute Gasteiger partial charge is 0.272 e. The van der Waals surface area contributed by atoms with Gasteiger partial charge in [-0.1, -0.05) is 18.2 Å². The normalized spacial score (nSPS) is 11.9. The molecule has 25 heavy (non-hydrogen) atoms. The predicted octanol–water partition coefficient (Wildman–Crippen LogP) is 4.22. The van der Waals surface area contributed by atoms with Gasteiger partial charge in [-0.3, -0.25) is 4.79 Å². The van der Waals surface area contributed by atoms with E-state index in [1.165, 1.54) is 18.2 Å². The summed E-state index contributed by atoms with van der Waals surface area (Å²) in [5.74, 6) is -0.645. The molecular weight excluding hydrogens is 333 g/mol. The van der Waals surface area contributed by atoms with E-state index < -0.39 is 30.8 Å². The van der Waals surface area contributed by atoms with Crippen LogP contribution in [0.3, 0.4) is 0 Å². The molecule has 0 aliphatic carbocycles. The molecule has 1 unspecified atom stereocenters. The number of carbonyl (C=O) groups is 1. The number of ether oxygens (including phenoxy) is 1. The van der Waals surface area contributed by atoms with Crippen LogP contribution in [0.1, 0.15) is 12.5 Å². The van der Waals surface area contributed by atoms with Crippen molar-refractivity contribution in [2.45, 2.75) is 26.3 Å². The lowest BCUT2D eigenvalue weighted by atomic mass is 10.2. The Bertz CT molecular complexity index is 738. The molecule has 0 fully saturated rings. The van der Waals surface area contributed by atoms with Gasteiger partial charge in [0.25, 0.3) is 6.43 Å². The number of nitrogens with one attached hydrogen (secondary N) is 2. The van der Waals surface area contributed by atoms with Crippen molar-refractivity contribution in [2.24, 2.45) is 0 Å². The monoisotopic (exact) mass is 352 g/mol. The van der Waals surface area contributed by atoms with Crippen LogP contribution in [0, 0.1) is 12.7 Å². The van der Waals surface area contributed by atoms with Gasteiger partial charge >= 0.3 is 0 Å². The fourth-order valence-corrected chi connectivity index (χ4v) is 2.12. The van der Waals surface area contributed by atoms with Crippen LogP contribution >= 0.6 is 0 Å². The lowest BCUT2D eigenvalue weighted by Crippen LogP contribution is -2.32. The van der Waals surface area contributed by atoms with Crippen LogP contribution in [0.4, 0.5) is 24.5 Å². The molecule has 0 radical (unpaired) electrons. The van der Waals surface area contributed by atoms with Crippen molar-refractivity contribution < 1.29 is 22.7 Å². The minimum absolute atomic E-state index is 0.0889. The summed E-state index contributed by atoms with van der Waals surface area (Å²) in [6, 6.07) is 10.1. The maximum atomic E-state index is 13.6. The van der Waals surface area contributed by atoms with Crippen LogP contribution in [-0.2, 0) is 4.79 Å². The number of rotatable bonds is 7. The highest BCUT2D eigenvalue weighted by Crippen LogP contribution is 2.24. The van der Waals surface area contributed by atoms with E-state index in [2.05, 4.69) is 10.6 Å². The Hall–Kier alpha value is -2.70. The van der Waals surface area contributed by atoms with Gasteiger partial charge in [-0.05, 0) is 37.6 Å². The third kappa shape index (κ3) is 5.41. The Labute approximate surface area is 144 Å². The molecule has 0 spiro atoms. The summed E-state index contributed by atoms with van der Waals surface area (Å²) in [6.07, 6.45) is -2.57. The lowest BCUT2D eigenvalue weighted by molar-refractivity contribution is -0.116. The van der Waals surface area contributed by atoms with Crippen LogP contribution in [0.25, 0.3) is 0 Å². The summed E-state index contributed by atoms with van der Waals surface area (Å²) in [5, 5.41) is 5.42. The number of alkyl halides is 2. The maximum absolute atomic E-state index is 13.6. The lowest BCUT2D eigenvalue weighted by Gasteiger charge is -2.17. The Balaban J connectivity index is 2.02. The van der Waals surface area contributed by atoms with Crippen molar-refractivity contribution in [2.75, 3.05) is 17.2 Å². The standard InChI is InChI=1S/C18H19F3N2O2/c1-11-7-8-13(9-16(11)25-10-17(20)21)22-12(2)18(24)23-15-6-4-3-5-14(15)19/h3-9,12,17,22H,10H2,1-2H3,(H,23,24). The van der Waals surface area contributed by atoms with Gasteiger partial charge in [0.15, 0.2) is 0 Å². The van der Waals surface area contributed by atoms with E-state index in [0.29, 0.717) is 17.0 Å². The first kappa shape index (κ1) is 18.6. The predicted molar refractivity (Wildman–Crippen MR) is 90.8 cm³/mol. The molecule has 2 aromatic rings. The molecular formula is C18H19F3N2O2. The molecule has 0 saturated heterocycles. The summed E-state index contributed by atoms with van der Waals surface area (Å²) in [5.41, 5.74) is 1.33.